The van der Waals surface area contributed by atoms with Gasteiger partial charge in [-0.25, -0.2) is 4.98 Å². The van der Waals surface area contributed by atoms with E-state index in [-0.39, 0.29) is 17.7 Å². The van der Waals surface area contributed by atoms with Gasteiger partial charge < -0.3 is 9.80 Å². The molecule has 2 fully saturated rings. The van der Waals surface area contributed by atoms with Crippen LogP contribution in [0.1, 0.15) is 17.2 Å². The highest BCUT2D eigenvalue weighted by atomic mass is 32.2. The average molecular weight is 444 g/mol. The molecule has 0 spiro atoms. The van der Waals surface area contributed by atoms with Crippen molar-refractivity contribution in [2.45, 2.75) is 16.7 Å². The molecule has 0 bridgehead atoms. The summed E-state index contributed by atoms with van der Waals surface area (Å²) < 4.78 is 2.08. The average Bonchev–Trinajstić information content (AvgIpc) is 3.16. The second-order valence-electron chi connectivity index (χ2n) is 7.41. The Morgan fingerprint density at radius 3 is 2.62 bits per heavy atom. The number of benzene rings is 1. The molecule has 2 aliphatic rings. The first kappa shape index (κ1) is 19.1. The van der Waals surface area contributed by atoms with Gasteiger partial charge in [0.1, 0.15) is 0 Å². The summed E-state index contributed by atoms with van der Waals surface area (Å²) in [5, 5.41) is 2.08. The molecular formula is C21H21N3O2S3. The van der Waals surface area contributed by atoms with Crippen molar-refractivity contribution in [1.82, 2.24) is 14.8 Å². The van der Waals surface area contributed by atoms with Crippen LogP contribution >= 0.6 is 34.4 Å². The maximum atomic E-state index is 12.8. The standard InChI is InChI=1S/C21H21N3O2S3/c25-19(13-28-21-22-16-4-1-2-5-18(16)29-21)23-7-9-24(10-8-23)20(26)15-12-14(15)17-6-3-11-27-17/h1-6,11,14-15H,7-10,12-13H2. The molecule has 3 aromatic rings. The maximum Gasteiger partial charge on any atom is 0.233 e. The topological polar surface area (TPSA) is 53.5 Å². The monoisotopic (exact) mass is 443 g/mol. The molecule has 150 valence electrons. The molecule has 5 nitrogen and oxygen atoms in total. The number of rotatable bonds is 5. The first-order valence-corrected chi connectivity index (χ1v) is 12.5. The predicted octanol–water partition coefficient (Wildman–Crippen LogP) is 3.92. The smallest absolute Gasteiger partial charge is 0.233 e. The van der Waals surface area contributed by atoms with E-state index >= 15 is 0 Å². The molecule has 2 aromatic heterocycles. The molecule has 1 aromatic carbocycles. The molecule has 2 amide bonds. The van der Waals surface area contributed by atoms with Gasteiger partial charge in [0.25, 0.3) is 0 Å². The van der Waals surface area contributed by atoms with E-state index in [2.05, 4.69) is 28.6 Å². The Morgan fingerprint density at radius 1 is 1.07 bits per heavy atom. The lowest BCUT2D eigenvalue weighted by molar-refractivity contribution is -0.139. The number of thiophene rings is 1. The third-order valence-electron chi connectivity index (χ3n) is 5.55. The number of carbonyl (C=O) groups excluding carboxylic acids is 2. The molecule has 1 saturated heterocycles. The quantitative estimate of drug-likeness (QED) is 0.561. The van der Waals surface area contributed by atoms with Crippen LogP contribution in [-0.4, -0.2) is 58.5 Å². The minimum absolute atomic E-state index is 0.129. The molecule has 29 heavy (non-hydrogen) atoms. The number of piperazine rings is 1. The SMILES string of the molecule is O=C(CSc1nc2ccccc2s1)N1CCN(C(=O)C2CC2c2cccs2)CC1. The molecule has 2 atom stereocenters. The lowest BCUT2D eigenvalue weighted by Gasteiger charge is -2.35. The summed E-state index contributed by atoms with van der Waals surface area (Å²) in [6, 6.07) is 12.2. The molecule has 3 heterocycles. The van der Waals surface area contributed by atoms with Crippen LogP contribution in [0, 0.1) is 5.92 Å². The third kappa shape index (κ3) is 4.06. The van der Waals surface area contributed by atoms with Crippen molar-refractivity contribution in [3.63, 3.8) is 0 Å². The second-order valence-corrected chi connectivity index (χ2v) is 10.6. The van der Waals surface area contributed by atoms with Crippen LogP contribution in [0.4, 0.5) is 0 Å². The fraction of sp³-hybridized carbons (Fsp3) is 0.381. The molecule has 8 heteroatoms. The number of fused-ring (bicyclic) bond motifs is 1. The molecule has 1 aliphatic heterocycles. The molecule has 1 saturated carbocycles. The summed E-state index contributed by atoms with van der Waals surface area (Å²) >= 11 is 4.87. The number of para-hydroxylation sites is 1. The van der Waals surface area contributed by atoms with Crippen molar-refractivity contribution in [1.29, 1.82) is 0 Å². The largest absolute Gasteiger partial charge is 0.339 e. The Kier molecular flexibility index (Phi) is 5.32. The van der Waals surface area contributed by atoms with E-state index in [1.165, 1.54) is 16.6 Å². The second kappa shape index (κ2) is 8.08. The van der Waals surface area contributed by atoms with Crippen LogP contribution in [0.3, 0.4) is 0 Å². The van der Waals surface area contributed by atoms with Crippen LogP contribution in [0.15, 0.2) is 46.1 Å². The fourth-order valence-electron chi connectivity index (χ4n) is 3.82. The fourth-order valence-corrected chi connectivity index (χ4v) is 6.70. The van der Waals surface area contributed by atoms with E-state index in [1.54, 1.807) is 22.7 Å². The Morgan fingerprint density at radius 2 is 1.86 bits per heavy atom. The van der Waals surface area contributed by atoms with Gasteiger partial charge in [-0.2, -0.15) is 0 Å². The van der Waals surface area contributed by atoms with Gasteiger partial charge in [0.2, 0.25) is 11.8 Å². The first-order chi connectivity index (χ1) is 14.2. The van der Waals surface area contributed by atoms with Crippen LogP contribution in [-0.2, 0) is 9.59 Å². The maximum absolute atomic E-state index is 12.8. The summed E-state index contributed by atoms with van der Waals surface area (Å²) in [5.74, 6) is 1.35. The van der Waals surface area contributed by atoms with Crippen LogP contribution in [0.25, 0.3) is 10.2 Å². The number of hydrogen-bond acceptors (Lipinski definition) is 6. The van der Waals surface area contributed by atoms with Gasteiger partial charge in [0.15, 0.2) is 4.34 Å². The van der Waals surface area contributed by atoms with E-state index in [0.29, 0.717) is 37.8 Å². The van der Waals surface area contributed by atoms with Gasteiger partial charge in [-0.05, 0) is 30.0 Å². The van der Waals surface area contributed by atoms with E-state index in [4.69, 9.17) is 0 Å². The number of hydrogen-bond donors (Lipinski definition) is 0. The van der Waals surface area contributed by atoms with E-state index in [9.17, 15) is 9.59 Å². The number of carbonyl (C=O) groups is 2. The lowest BCUT2D eigenvalue weighted by Crippen LogP contribution is -2.51. The van der Waals surface area contributed by atoms with Gasteiger partial charge >= 0.3 is 0 Å². The minimum atomic E-state index is 0.129. The number of thiazole rings is 1. The van der Waals surface area contributed by atoms with Crippen molar-refractivity contribution < 1.29 is 9.59 Å². The first-order valence-electron chi connectivity index (χ1n) is 9.77. The molecule has 0 radical (unpaired) electrons. The van der Waals surface area contributed by atoms with Crippen molar-refractivity contribution in [3.8, 4) is 0 Å². The van der Waals surface area contributed by atoms with Gasteiger partial charge in [0.05, 0.1) is 16.0 Å². The molecule has 2 unspecified atom stereocenters. The lowest BCUT2D eigenvalue weighted by atomic mass is 10.2. The highest BCUT2D eigenvalue weighted by molar-refractivity contribution is 8.01. The summed E-state index contributed by atoms with van der Waals surface area (Å²) in [6.07, 6.45) is 0.970. The van der Waals surface area contributed by atoms with Gasteiger partial charge in [0, 0.05) is 42.9 Å². The Balaban J connectivity index is 1.10. The Labute approximate surface area is 181 Å². The van der Waals surface area contributed by atoms with Crippen LogP contribution < -0.4 is 0 Å². The van der Waals surface area contributed by atoms with Crippen LogP contribution in [0.5, 0.6) is 0 Å². The van der Waals surface area contributed by atoms with Crippen molar-refractivity contribution in [3.05, 3.63) is 46.7 Å². The van der Waals surface area contributed by atoms with Gasteiger partial charge in [-0.3, -0.25) is 9.59 Å². The summed E-state index contributed by atoms with van der Waals surface area (Å²) in [5.41, 5.74) is 0.987. The van der Waals surface area contributed by atoms with Crippen molar-refractivity contribution in [2.24, 2.45) is 5.92 Å². The zero-order valence-electron chi connectivity index (χ0n) is 15.8. The number of aromatic nitrogens is 1. The number of thioether (sulfide) groups is 1. The summed E-state index contributed by atoms with van der Waals surface area (Å²) in [4.78, 5) is 35.1. The number of amides is 2. The van der Waals surface area contributed by atoms with Gasteiger partial charge in [-0.1, -0.05) is 30.0 Å². The molecule has 0 N–H and O–H groups in total. The van der Waals surface area contributed by atoms with Crippen molar-refractivity contribution in [2.75, 3.05) is 31.9 Å². The number of nitrogens with zero attached hydrogens (tertiary/aromatic N) is 3. The highest BCUT2D eigenvalue weighted by Crippen LogP contribution is 2.50. The zero-order valence-corrected chi connectivity index (χ0v) is 18.3. The zero-order chi connectivity index (χ0) is 19.8. The third-order valence-corrected chi connectivity index (χ3v) is 8.72. The Bertz CT molecular complexity index is 992. The molecule has 5 rings (SSSR count). The van der Waals surface area contributed by atoms with E-state index in [0.717, 1.165) is 21.0 Å². The normalized spacial score (nSPS) is 21.5. The molecule has 1 aliphatic carbocycles. The van der Waals surface area contributed by atoms with Gasteiger partial charge in [-0.15, -0.1) is 22.7 Å². The van der Waals surface area contributed by atoms with Crippen LogP contribution in [0.2, 0.25) is 0 Å². The summed E-state index contributed by atoms with van der Waals surface area (Å²) in [7, 11) is 0. The van der Waals surface area contributed by atoms with Crippen molar-refractivity contribution >= 4 is 56.5 Å². The minimum Gasteiger partial charge on any atom is -0.339 e. The van der Waals surface area contributed by atoms with E-state index in [1.807, 2.05) is 28.0 Å². The Hall–Kier alpha value is -1.90. The highest BCUT2D eigenvalue weighted by Gasteiger charge is 2.46. The predicted molar refractivity (Wildman–Crippen MR) is 119 cm³/mol. The van der Waals surface area contributed by atoms with E-state index < -0.39 is 0 Å². The molecular weight excluding hydrogens is 422 g/mol. The summed E-state index contributed by atoms with van der Waals surface area (Å²) in [6.45, 7) is 2.54.